The molecule has 0 unspecified atom stereocenters. The lowest BCUT2D eigenvalue weighted by Gasteiger charge is -2.37. The number of halogens is 1. The Morgan fingerprint density at radius 1 is 1.14 bits per heavy atom. The molecule has 3 aromatic rings. The van der Waals surface area contributed by atoms with Gasteiger partial charge in [-0.15, -0.1) is 11.3 Å². The first-order chi connectivity index (χ1) is 13.6. The molecule has 2 aromatic heterocycles. The van der Waals surface area contributed by atoms with Crippen LogP contribution in [0.1, 0.15) is 22.2 Å². The number of benzene rings is 1. The van der Waals surface area contributed by atoms with E-state index in [1.54, 1.807) is 6.92 Å². The van der Waals surface area contributed by atoms with E-state index in [0.717, 1.165) is 47.8 Å². The molecule has 0 spiro atoms. The van der Waals surface area contributed by atoms with Crippen molar-refractivity contribution >= 4 is 50.6 Å². The molecule has 1 aliphatic rings. The first kappa shape index (κ1) is 19.0. The van der Waals surface area contributed by atoms with E-state index in [1.807, 2.05) is 13.0 Å². The van der Waals surface area contributed by atoms with Gasteiger partial charge in [-0.25, -0.2) is 9.78 Å². The number of aryl methyl sites for hydroxylation is 1. The Balaban J connectivity index is 1.64. The van der Waals surface area contributed by atoms with Crippen molar-refractivity contribution in [3.05, 3.63) is 46.1 Å². The number of aromatic nitrogens is 2. The van der Waals surface area contributed by atoms with E-state index in [0.29, 0.717) is 11.5 Å². The largest absolute Gasteiger partial charge is 0.462 e. The first-order valence-corrected chi connectivity index (χ1v) is 10.5. The highest BCUT2D eigenvalue weighted by Crippen LogP contribution is 2.37. The zero-order valence-corrected chi connectivity index (χ0v) is 17.4. The highest BCUT2D eigenvalue weighted by atomic mass is 35.5. The van der Waals surface area contributed by atoms with Crippen molar-refractivity contribution in [2.24, 2.45) is 0 Å². The normalized spacial score (nSPS) is 14.5. The van der Waals surface area contributed by atoms with Crippen LogP contribution in [0.2, 0.25) is 5.28 Å². The second-order valence-corrected chi connectivity index (χ2v) is 7.92. The predicted octanol–water partition coefficient (Wildman–Crippen LogP) is 4.16. The molecular formula is C20H21ClN4O2S. The molecule has 0 radical (unpaired) electrons. The van der Waals surface area contributed by atoms with Gasteiger partial charge < -0.3 is 14.5 Å². The van der Waals surface area contributed by atoms with E-state index in [-0.39, 0.29) is 11.3 Å². The van der Waals surface area contributed by atoms with Crippen molar-refractivity contribution in [3.8, 4) is 0 Å². The van der Waals surface area contributed by atoms with Gasteiger partial charge in [-0.2, -0.15) is 4.98 Å². The third kappa shape index (κ3) is 3.52. The Morgan fingerprint density at radius 2 is 1.82 bits per heavy atom. The van der Waals surface area contributed by atoms with E-state index in [9.17, 15) is 4.79 Å². The number of hydrogen-bond acceptors (Lipinski definition) is 7. The molecule has 6 nitrogen and oxygen atoms in total. The topological polar surface area (TPSA) is 58.6 Å². The molecule has 0 N–H and O–H groups in total. The van der Waals surface area contributed by atoms with Gasteiger partial charge in [0.1, 0.15) is 15.5 Å². The summed E-state index contributed by atoms with van der Waals surface area (Å²) in [7, 11) is 0. The van der Waals surface area contributed by atoms with Gasteiger partial charge in [0.2, 0.25) is 5.28 Å². The molecule has 1 fully saturated rings. The average Bonchev–Trinajstić information content (AvgIpc) is 3.05. The number of piperazine rings is 1. The molecule has 1 aromatic carbocycles. The highest BCUT2D eigenvalue weighted by Gasteiger charge is 2.26. The summed E-state index contributed by atoms with van der Waals surface area (Å²) in [5.41, 5.74) is 2.08. The maximum absolute atomic E-state index is 12.3. The van der Waals surface area contributed by atoms with Crippen LogP contribution in [0.3, 0.4) is 0 Å². The number of ether oxygens (including phenoxy) is 1. The molecule has 0 aliphatic carbocycles. The van der Waals surface area contributed by atoms with E-state index >= 15 is 0 Å². The minimum absolute atomic E-state index is 0.199. The van der Waals surface area contributed by atoms with Crippen LogP contribution in [-0.2, 0) is 4.74 Å². The zero-order valence-electron chi connectivity index (χ0n) is 15.8. The fraction of sp³-hybridized carbons (Fsp3) is 0.350. The summed E-state index contributed by atoms with van der Waals surface area (Å²) in [6.07, 6.45) is 0. The van der Waals surface area contributed by atoms with Gasteiger partial charge in [0, 0.05) is 31.9 Å². The van der Waals surface area contributed by atoms with Crippen LogP contribution in [0.15, 0.2) is 30.3 Å². The summed E-state index contributed by atoms with van der Waals surface area (Å²) >= 11 is 7.52. The lowest BCUT2D eigenvalue weighted by Crippen LogP contribution is -2.47. The molecule has 1 saturated heterocycles. The summed E-state index contributed by atoms with van der Waals surface area (Å²) in [6.45, 7) is 7.49. The van der Waals surface area contributed by atoms with Gasteiger partial charge in [0.25, 0.3) is 0 Å². The predicted molar refractivity (Wildman–Crippen MR) is 114 cm³/mol. The molecule has 28 heavy (non-hydrogen) atoms. The van der Waals surface area contributed by atoms with Crippen molar-refractivity contribution in [1.82, 2.24) is 9.97 Å². The lowest BCUT2D eigenvalue weighted by molar-refractivity contribution is 0.0531. The molecule has 8 heteroatoms. The van der Waals surface area contributed by atoms with Crippen LogP contribution < -0.4 is 9.80 Å². The lowest BCUT2D eigenvalue weighted by atomic mass is 10.1. The molecule has 0 amide bonds. The second kappa shape index (κ2) is 7.93. The minimum Gasteiger partial charge on any atom is -0.462 e. The SMILES string of the molecule is CCOC(=O)c1sc2nc(Cl)nc(N3CCN(c4ccccc4)CC3)c2c1C. The maximum Gasteiger partial charge on any atom is 0.348 e. The molecule has 4 rings (SSSR count). The van der Waals surface area contributed by atoms with Gasteiger partial charge in [-0.1, -0.05) is 18.2 Å². The number of hydrogen-bond donors (Lipinski definition) is 0. The summed E-state index contributed by atoms with van der Waals surface area (Å²) < 4.78 is 5.19. The third-order valence-electron chi connectivity index (χ3n) is 4.91. The van der Waals surface area contributed by atoms with Crippen LogP contribution in [0, 0.1) is 6.92 Å². The summed E-state index contributed by atoms with van der Waals surface area (Å²) in [5, 5.41) is 1.09. The maximum atomic E-state index is 12.3. The number of fused-ring (bicyclic) bond motifs is 1. The van der Waals surface area contributed by atoms with Gasteiger partial charge in [0.05, 0.1) is 12.0 Å². The number of carbonyl (C=O) groups is 1. The second-order valence-electron chi connectivity index (χ2n) is 6.58. The molecule has 146 valence electrons. The Labute approximate surface area is 172 Å². The molecule has 1 aliphatic heterocycles. The fourth-order valence-electron chi connectivity index (χ4n) is 3.53. The van der Waals surface area contributed by atoms with E-state index < -0.39 is 0 Å². The summed E-state index contributed by atoms with van der Waals surface area (Å²) in [5.74, 6) is 0.478. The van der Waals surface area contributed by atoms with Crippen LogP contribution >= 0.6 is 22.9 Å². The highest BCUT2D eigenvalue weighted by molar-refractivity contribution is 7.20. The number of nitrogens with zero attached hydrogens (tertiary/aromatic N) is 4. The van der Waals surface area contributed by atoms with E-state index in [4.69, 9.17) is 16.3 Å². The smallest absolute Gasteiger partial charge is 0.348 e. The number of thiophene rings is 1. The van der Waals surface area contributed by atoms with Gasteiger partial charge in [-0.3, -0.25) is 0 Å². The quantitative estimate of drug-likeness (QED) is 0.470. The first-order valence-electron chi connectivity index (χ1n) is 9.27. The number of esters is 1. The van der Waals surface area contributed by atoms with Gasteiger partial charge in [-0.05, 0) is 43.1 Å². The third-order valence-corrected chi connectivity index (χ3v) is 6.24. The van der Waals surface area contributed by atoms with Crippen LogP contribution in [0.5, 0.6) is 0 Å². The van der Waals surface area contributed by atoms with Crippen molar-refractivity contribution in [3.63, 3.8) is 0 Å². The summed E-state index contributed by atoms with van der Waals surface area (Å²) in [6, 6.07) is 10.4. The molecule has 0 saturated carbocycles. The molecule has 3 heterocycles. The number of anilines is 2. The van der Waals surface area contributed by atoms with Crippen molar-refractivity contribution < 1.29 is 9.53 Å². The Hall–Kier alpha value is -2.38. The minimum atomic E-state index is -0.320. The van der Waals surface area contributed by atoms with Crippen molar-refractivity contribution in [1.29, 1.82) is 0 Å². The standard InChI is InChI=1S/C20H21ClN4O2S/c1-3-27-19(26)16-13(2)15-17(22-20(21)23-18(15)28-16)25-11-9-24(10-12-25)14-7-5-4-6-8-14/h4-8H,3,9-12H2,1-2H3. The molecule has 0 atom stereocenters. The van der Waals surface area contributed by atoms with Crippen LogP contribution in [0.4, 0.5) is 11.5 Å². The van der Waals surface area contributed by atoms with Gasteiger partial charge in [0.15, 0.2) is 0 Å². The number of rotatable bonds is 4. The average molecular weight is 417 g/mol. The Bertz CT molecular complexity index is 1000. The Kier molecular flexibility index (Phi) is 5.37. The Morgan fingerprint density at radius 3 is 2.50 bits per heavy atom. The van der Waals surface area contributed by atoms with Crippen LogP contribution in [-0.4, -0.2) is 48.7 Å². The number of carbonyl (C=O) groups excluding carboxylic acids is 1. The van der Waals surface area contributed by atoms with E-state index in [2.05, 4.69) is 44.0 Å². The van der Waals surface area contributed by atoms with Crippen molar-refractivity contribution in [2.45, 2.75) is 13.8 Å². The zero-order chi connectivity index (χ0) is 19.7. The monoisotopic (exact) mass is 416 g/mol. The van der Waals surface area contributed by atoms with Crippen molar-refractivity contribution in [2.75, 3.05) is 42.6 Å². The number of para-hydroxylation sites is 1. The summed E-state index contributed by atoms with van der Waals surface area (Å²) in [4.78, 5) is 27.0. The van der Waals surface area contributed by atoms with Crippen LogP contribution in [0.25, 0.3) is 10.2 Å². The molecular weight excluding hydrogens is 396 g/mol. The fourth-order valence-corrected chi connectivity index (χ4v) is 4.81. The van der Waals surface area contributed by atoms with Gasteiger partial charge >= 0.3 is 5.97 Å². The van der Waals surface area contributed by atoms with E-state index in [1.165, 1.54) is 17.0 Å². The molecule has 0 bridgehead atoms.